The molecule has 7 atom stereocenters. The zero-order valence-electron chi connectivity index (χ0n) is 36.7. The Labute approximate surface area is 385 Å². The Balaban J connectivity index is 1.32. The Kier molecular flexibility index (Phi) is 24.2. The first-order valence-electron chi connectivity index (χ1n) is 21.2. The van der Waals surface area contributed by atoms with E-state index in [-0.39, 0.29) is 41.6 Å². The number of imidazole rings is 1. The van der Waals surface area contributed by atoms with Crippen LogP contribution in [0.5, 0.6) is 0 Å². The fraction of sp³-hybridized carbons (Fsp3) is 0.703. The van der Waals surface area contributed by atoms with Gasteiger partial charge >= 0.3 is 23.5 Å². The van der Waals surface area contributed by atoms with Crippen LogP contribution in [0.4, 0.5) is 5.82 Å². The molecule has 1 fully saturated rings. The molecular formula is C37H62N7O18P3S. The smallest absolute Gasteiger partial charge is 0.386 e. The number of aldehydes is 1. The highest BCUT2D eigenvalue weighted by Crippen LogP contribution is 2.61. The molecule has 374 valence electrons. The molecule has 2 amide bonds. The van der Waals surface area contributed by atoms with Crippen molar-refractivity contribution < 1.29 is 85.3 Å². The molecule has 0 spiro atoms. The molecule has 1 saturated heterocycles. The van der Waals surface area contributed by atoms with Crippen LogP contribution in [0.3, 0.4) is 0 Å². The number of rotatable bonds is 33. The maximum absolute atomic E-state index is 12.7. The van der Waals surface area contributed by atoms with Gasteiger partial charge in [-0.3, -0.25) is 32.5 Å². The lowest BCUT2D eigenvalue weighted by atomic mass is 9.87. The van der Waals surface area contributed by atoms with Gasteiger partial charge < -0.3 is 55.7 Å². The fourth-order valence-corrected chi connectivity index (χ4v) is 9.84. The third kappa shape index (κ3) is 20.7. The lowest BCUT2D eigenvalue weighted by Gasteiger charge is -2.30. The summed E-state index contributed by atoms with van der Waals surface area (Å²) in [4.78, 5) is 98.5. The first-order valence-corrected chi connectivity index (χ1v) is 26.7. The number of nitrogens with zero attached hydrogens (tertiary/aromatic N) is 4. The van der Waals surface area contributed by atoms with Gasteiger partial charge in [0.25, 0.3) is 0 Å². The Bertz CT molecular complexity index is 2060. The maximum Gasteiger partial charge on any atom is 0.481 e. The molecule has 1 aliphatic rings. The number of allylic oxidation sites excluding steroid dienone is 1. The molecular weight excluding hydrogens is 955 g/mol. The van der Waals surface area contributed by atoms with Gasteiger partial charge in [0.1, 0.15) is 42.5 Å². The number of hydrogen-bond donors (Lipinski definition) is 9. The first kappa shape index (κ1) is 57.3. The summed E-state index contributed by atoms with van der Waals surface area (Å²) in [6, 6.07) is 0. The van der Waals surface area contributed by atoms with Crippen LogP contribution in [0, 0.1) is 5.41 Å². The van der Waals surface area contributed by atoms with Gasteiger partial charge in [-0.1, -0.05) is 83.1 Å². The third-order valence-electron chi connectivity index (χ3n) is 9.94. The van der Waals surface area contributed by atoms with Crippen LogP contribution in [-0.2, 0) is 55.5 Å². The van der Waals surface area contributed by atoms with E-state index in [9.17, 15) is 62.7 Å². The number of nitrogen functional groups attached to an aromatic ring is 1. The largest absolute Gasteiger partial charge is 0.481 e. The predicted molar refractivity (Wildman–Crippen MR) is 238 cm³/mol. The Morgan fingerprint density at radius 2 is 1.55 bits per heavy atom. The number of fused-ring (bicyclic) bond motifs is 1. The van der Waals surface area contributed by atoms with E-state index in [1.807, 2.05) is 6.08 Å². The number of ether oxygens (including phenoxy) is 1. The van der Waals surface area contributed by atoms with Crippen LogP contribution in [0.25, 0.3) is 11.2 Å². The monoisotopic (exact) mass is 1020 g/mol. The quantitative estimate of drug-likeness (QED) is 0.0215. The third-order valence-corrected chi connectivity index (χ3v) is 13.9. The molecule has 1 aliphatic heterocycles. The zero-order chi connectivity index (χ0) is 49.0. The molecule has 2 unspecified atom stereocenters. The van der Waals surface area contributed by atoms with E-state index in [2.05, 4.69) is 34.4 Å². The number of phosphoric ester groups is 3. The zero-order valence-corrected chi connectivity index (χ0v) is 40.2. The number of nitrogens with one attached hydrogen (secondary N) is 2. The normalized spacial score (nSPS) is 20.2. The second-order valence-corrected chi connectivity index (χ2v) is 21.3. The number of aliphatic hydroxyl groups excluding tert-OH is 2. The highest BCUT2D eigenvalue weighted by molar-refractivity contribution is 8.14. The Morgan fingerprint density at radius 1 is 0.924 bits per heavy atom. The van der Waals surface area contributed by atoms with Crippen LogP contribution in [0.15, 0.2) is 24.8 Å². The number of aromatic nitrogens is 4. The van der Waals surface area contributed by atoms with Gasteiger partial charge in [0.05, 0.1) is 19.5 Å². The molecule has 3 rings (SSSR count). The average Bonchev–Trinajstić information content (AvgIpc) is 3.80. The van der Waals surface area contributed by atoms with Crippen LogP contribution >= 0.6 is 35.2 Å². The highest BCUT2D eigenvalue weighted by atomic mass is 32.2. The summed E-state index contributed by atoms with van der Waals surface area (Å²) in [6.45, 7) is 0.474. The standard InChI is InChI=1S/C37H62N7O18P3S/c1-37(2,32(49)35(50)40-18-17-27(46)39-19-21-66-28(47)16-14-12-10-8-6-4-3-5-7-9-11-13-15-20-45)23-59-65(56,57)62-64(54,55)58-22-26-31(61-63(51,52)53)30(48)36(60-26)44-25-43-29-33(38)41-24-42-34(29)44/h14,16,20,24-26,30-32,36,48-49H,3-13,15,17-19,21-23H2,1-2H3,(H,39,46)(H,40,50)(H,54,55)(H,56,57)(H2,38,41,42)(H2,51,52,53)/t26-,30-,31-,32+,36-/m1/s1. The van der Waals surface area contributed by atoms with Crippen molar-refractivity contribution in [3.8, 4) is 0 Å². The van der Waals surface area contributed by atoms with Gasteiger partial charge in [0, 0.05) is 37.1 Å². The van der Waals surface area contributed by atoms with E-state index in [1.165, 1.54) is 52.0 Å². The summed E-state index contributed by atoms with van der Waals surface area (Å²) in [7, 11) is -16.4. The predicted octanol–water partition coefficient (Wildman–Crippen LogP) is 3.10. The summed E-state index contributed by atoms with van der Waals surface area (Å²) in [6.07, 6.45) is 10.2. The number of amides is 2. The van der Waals surface area contributed by atoms with Crippen LogP contribution in [0.1, 0.15) is 104 Å². The topological polar surface area (TPSA) is 381 Å². The second kappa shape index (κ2) is 27.8. The molecule has 2 aromatic heterocycles. The van der Waals surface area contributed by atoms with Crippen LogP contribution in [0.2, 0.25) is 0 Å². The summed E-state index contributed by atoms with van der Waals surface area (Å²) in [5.41, 5.74) is 4.26. The first-order chi connectivity index (χ1) is 31.1. The number of hydrogen-bond acceptors (Lipinski definition) is 19. The number of thioether (sulfide) groups is 1. The number of carbonyl (C=O) groups excluding carboxylic acids is 4. The summed E-state index contributed by atoms with van der Waals surface area (Å²) < 4.78 is 62.3. The van der Waals surface area contributed by atoms with Gasteiger partial charge in [-0.05, 0) is 25.3 Å². The number of anilines is 1. The molecule has 2 aromatic rings. The molecule has 0 aromatic carbocycles. The van der Waals surface area contributed by atoms with E-state index < -0.39 is 84.6 Å². The van der Waals surface area contributed by atoms with Crippen molar-refractivity contribution in [1.29, 1.82) is 0 Å². The lowest BCUT2D eigenvalue weighted by molar-refractivity contribution is -0.137. The Morgan fingerprint density at radius 3 is 2.18 bits per heavy atom. The summed E-state index contributed by atoms with van der Waals surface area (Å²) in [5, 5.41) is 26.4. The number of aliphatic hydroxyl groups is 2. The van der Waals surface area contributed by atoms with Crippen molar-refractivity contribution in [2.45, 2.75) is 128 Å². The molecule has 25 nitrogen and oxygen atoms in total. The van der Waals surface area contributed by atoms with Crippen molar-refractivity contribution in [3.05, 3.63) is 24.8 Å². The van der Waals surface area contributed by atoms with E-state index in [1.54, 1.807) is 0 Å². The number of unbranched alkanes of at least 4 members (excludes halogenated alkanes) is 11. The number of carbonyl (C=O) groups is 4. The minimum atomic E-state index is -5.58. The van der Waals surface area contributed by atoms with E-state index >= 15 is 0 Å². The summed E-state index contributed by atoms with van der Waals surface area (Å²) >= 11 is 1.05. The molecule has 66 heavy (non-hydrogen) atoms. The van der Waals surface area contributed by atoms with Crippen molar-refractivity contribution in [3.63, 3.8) is 0 Å². The minimum absolute atomic E-state index is 0.0289. The molecule has 3 heterocycles. The van der Waals surface area contributed by atoms with Crippen LogP contribution in [-0.4, -0.2) is 129 Å². The maximum atomic E-state index is 12.7. The van der Waals surface area contributed by atoms with Gasteiger partial charge in [0.2, 0.25) is 16.9 Å². The lowest BCUT2D eigenvalue weighted by Crippen LogP contribution is -2.46. The minimum Gasteiger partial charge on any atom is -0.386 e. The molecule has 10 N–H and O–H groups in total. The molecule has 0 saturated carbocycles. The molecule has 0 bridgehead atoms. The van der Waals surface area contributed by atoms with Crippen LogP contribution < -0.4 is 16.4 Å². The Hall–Kier alpha value is -3.03. The van der Waals surface area contributed by atoms with Gasteiger partial charge in [0.15, 0.2) is 17.7 Å². The summed E-state index contributed by atoms with van der Waals surface area (Å²) in [5.74, 6) is -1.13. The number of phosphoric acid groups is 3. The van der Waals surface area contributed by atoms with E-state index in [0.29, 0.717) is 12.2 Å². The van der Waals surface area contributed by atoms with Gasteiger partial charge in [-0.2, -0.15) is 4.31 Å². The highest BCUT2D eigenvalue weighted by Gasteiger charge is 2.50. The van der Waals surface area contributed by atoms with E-state index in [4.69, 9.17) is 19.5 Å². The molecule has 29 heteroatoms. The van der Waals surface area contributed by atoms with Crippen molar-refractivity contribution >= 4 is 75.4 Å². The average molecular weight is 1020 g/mol. The molecule has 0 aliphatic carbocycles. The van der Waals surface area contributed by atoms with E-state index in [0.717, 1.165) is 73.8 Å². The fourth-order valence-electron chi connectivity index (χ4n) is 6.41. The second-order valence-electron chi connectivity index (χ2n) is 15.9. The molecule has 0 radical (unpaired) electrons. The van der Waals surface area contributed by atoms with Crippen molar-refractivity contribution in [2.24, 2.45) is 5.41 Å². The number of nitrogens with two attached hydrogens (primary N) is 1. The SMILES string of the molecule is CC(C)(COP(=O)(O)OP(=O)(O)OC[C@H]1O[C@@H](n2cnc3c(N)ncnc32)[C@H](O)[C@@H]1OP(=O)(O)O)[C@@H](O)C(=O)NCCC(=O)NCCSC(=O)C=CCCCCCCCCCCCCC=O. The van der Waals surface area contributed by atoms with Gasteiger partial charge in [-0.15, -0.1) is 0 Å². The van der Waals surface area contributed by atoms with Crippen molar-refractivity contribution in [2.75, 3.05) is 37.8 Å². The van der Waals surface area contributed by atoms with Crippen molar-refractivity contribution in [1.82, 2.24) is 30.2 Å². The van der Waals surface area contributed by atoms with Gasteiger partial charge in [-0.25, -0.2) is 28.6 Å².